The zero-order chi connectivity index (χ0) is 12.3. The maximum Gasteiger partial charge on any atom is 0.249 e. The second-order valence-electron chi connectivity index (χ2n) is 3.29. The Morgan fingerprint density at radius 1 is 1.44 bits per heavy atom. The first-order chi connectivity index (χ1) is 7.47. The van der Waals surface area contributed by atoms with Gasteiger partial charge >= 0.3 is 0 Å². The Kier molecular flexibility index (Phi) is 4.26. The highest BCUT2D eigenvalue weighted by molar-refractivity contribution is 6.30. The number of hydrogen-bond donors (Lipinski definition) is 4. The van der Waals surface area contributed by atoms with Gasteiger partial charge < -0.3 is 21.1 Å². The third-order valence-corrected chi connectivity index (χ3v) is 2.42. The molecule has 6 heteroatoms. The Balaban J connectivity index is 3.07. The average molecular weight is 246 g/mol. The third-order valence-electron chi connectivity index (χ3n) is 2.18. The summed E-state index contributed by atoms with van der Waals surface area (Å²) in [6.07, 6.45) is -3.19. The van der Waals surface area contributed by atoms with E-state index in [2.05, 4.69) is 0 Å². The number of aliphatic hydroxyl groups excluding tert-OH is 3. The van der Waals surface area contributed by atoms with Crippen LogP contribution in [0.25, 0.3) is 0 Å². The van der Waals surface area contributed by atoms with Gasteiger partial charge in [0.15, 0.2) is 6.10 Å². The predicted molar refractivity (Wildman–Crippen MR) is 57.5 cm³/mol. The summed E-state index contributed by atoms with van der Waals surface area (Å²) in [5.41, 5.74) is 5.41. The van der Waals surface area contributed by atoms with Crippen molar-refractivity contribution in [3.63, 3.8) is 0 Å². The monoisotopic (exact) mass is 245 g/mol. The van der Waals surface area contributed by atoms with Gasteiger partial charge in [-0.15, -0.1) is 0 Å². The predicted octanol–water partition coefficient (Wildman–Crippen LogP) is -0.288. The van der Waals surface area contributed by atoms with E-state index in [1.165, 1.54) is 18.2 Å². The highest BCUT2D eigenvalue weighted by Crippen LogP contribution is 2.24. The lowest BCUT2D eigenvalue weighted by molar-refractivity contribution is -0.132. The van der Waals surface area contributed by atoms with Gasteiger partial charge in [-0.25, -0.2) is 0 Å². The molecule has 0 heterocycles. The maximum atomic E-state index is 10.7. The molecule has 2 unspecified atom stereocenters. The molecule has 5 nitrogen and oxygen atoms in total. The molecule has 2 atom stereocenters. The quantitative estimate of drug-likeness (QED) is 0.585. The zero-order valence-electron chi connectivity index (χ0n) is 8.30. The van der Waals surface area contributed by atoms with Crippen molar-refractivity contribution < 1.29 is 20.1 Å². The fourth-order valence-corrected chi connectivity index (χ4v) is 1.52. The van der Waals surface area contributed by atoms with Crippen LogP contribution in [0.2, 0.25) is 5.02 Å². The SMILES string of the molecule is NC(=O)C(O)C(O)c1ccc(Cl)cc1CO. The van der Waals surface area contributed by atoms with Gasteiger partial charge in [0.05, 0.1) is 6.61 Å². The summed E-state index contributed by atoms with van der Waals surface area (Å²) in [5, 5.41) is 28.4. The van der Waals surface area contributed by atoms with Crippen LogP contribution in [0.15, 0.2) is 18.2 Å². The standard InChI is InChI=1S/C10H12ClNO4/c11-6-1-2-7(5(3-6)4-13)8(14)9(15)10(12)16/h1-3,8-9,13-15H,4H2,(H2,12,16). The van der Waals surface area contributed by atoms with Gasteiger partial charge in [0.25, 0.3) is 0 Å². The van der Waals surface area contributed by atoms with Crippen LogP contribution in [0.3, 0.4) is 0 Å². The molecule has 1 rings (SSSR count). The Bertz CT molecular complexity index is 396. The molecule has 0 radical (unpaired) electrons. The Morgan fingerprint density at radius 3 is 2.56 bits per heavy atom. The van der Waals surface area contributed by atoms with Crippen molar-refractivity contribution in [1.82, 2.24) is 0 Å². The lowest BCUT2D eigenvalue weighted by Crippen LogP contribution is -2.34. The van der Waals surface area contributed by atoms with Crippen LogP contribution in [0, 0.1) is 0 Å². The van der Waals surface area contributed by atoms with Crippen LogP contribution in [-0.4, -0.2) is 27.3 Å². The van der Waals surface area contributed by atoms with Crippen molar-refractivity contribution in [3.05, 3.63) is 34.3 Å². The van der Waals surface area contributed by atoms with Crippen molar-refractivity contribution in [1.29, 1.82) is 0 Å². The van der Waals surface area contributed by atoms with E-state index in [1.807, 2.05) is 0 Å². The molecule has 0 saturated carbocycles. The number of carbonyl (C=O) groups excluding carboxylic acids is 1. The summed E-state index contributed by atoms with van der Waals surface area (Å²) in [4.78, 5) is 10.7. The third kappa shape index (κ3) is 2.70. The molecule has 1 amide bonds. The Morgan fingerprint density at radius 2 is 2.06 bits per heavy atom. The number of aliphatic hydroxyl groups is 3. The molecular formula is C10H12ClNO4. The van der Waals surface area contributed by atoms with Gasteiger partial charge in [0.1, 0.15) is 6.10 Å². The first kappa shape index (κ1) is 12.9. The van der Waals surface area contributed by atoms with Crippen molar-refractivity contribution in [2.24, 2.45) is 5.73 Å². The second kappa shape index (κ2) is 5.27. The molecule has 0 aliphatic rings. The topological polar surface area (TPSA) is 104 Å². The van der Waals surface area contributed by atoms with E-state index in [0.717, 1.165) is 0 Å². The summed E-state index contributed by atoms with van der Waals surface area (Å²) in [6, 6.07) is 4.34. The molecule has 0 aliphatic carbocycles. The molecule has 5 N–H and O–H groups in total. The number of nitrogens with two attached hydrogens (primary N) is 1. The van der Waals surface area contributed by atoms with Crippen LogP contribution >= 0.6 is 11.6 Å². The second-order valence-corrected chi connectivity index (χ2v) is 3.73. The number of benzene rings is 1. The van der Waals surface area contributed by atoms with Crippen molar-refractivity contribution in [2.75, 3.05) is 0 Å². The molecule has 0 bridgehead atoms. The fourth-order valence-electron chi connectivity index (χ4n) is 1.33. The maximum absolute atomic E-state index is 10.7. The minimum Gasteiger partial charge on any atom is -0.392 e. The van der Waals surface area contributed by atoms with Crippen LogP contribution < -0.4 is 5.73 Å². The van der Waals surface area contributed by atoms with E-state index in [4.69, 9.17) is 22.4 Å². The normalized spacial score (nSPS) is 14.5. The van der Waals surface area contributed by atoms with Gasteiger partial charge in [-0.05, 0) is 23.3 Å². The molecular weight excluding hydrogens is 234 g/mol. The van der Waals surface area contributed by atoms with Gasteiger partial charge in [-0.3, -0.25) is 4.79 Å². The van der Waals surface area contributed by atoms with Gasteiger partial charge in [0.2, 0.25) is 5.91 Å². The van der Waals surface area contributed by atoms with Crippen molar-refractivity contribution >= 4 is 17.5 Å². The molecule has 1 aromatic rings. The number of hydrogen-bond acceptors (Lipinski definition) is 4. The lowest BCUT2D eigenvalue weighted by atomic mass is 9.99. The summed E-state index contributed by atoms with van der Waals surface area (Å²) in [6.45, 7) is -0.363. The number of rotatable bonds is 4. The van der Waals surface area contributed by atoms with Crippen LogP contribution in [0.5, 0.6) is 0 Å². The minimum absolute atomic E-state index is 0.221. The Hall–Kier alpha value is -1.14. The lowest BCUT2D eigenvalue weighted by Gasteiger charge is -2.18. The average Bonchev–Trinajstić information content (AvgIpc) is 2.26. The van der Waals surface area contributed by atoms with Gasteiger partial charge in [0, 0.05) is 5.02 Å². The molecule has 16 heavy (non-hydrogen) atoms. The van der Waals surface area contributed by atoms with E-state index in [9.17, 15) is 15.0 Å². The van der Waals surface area contributed by atoms with Crippen molar-refractivity contribution in [2.45, 2.75) is 18.8 Å². The van der Waals surface area contributed by atoms with Crippen LogP contribution in [-0.2, 0) is 11.4 Å². The molecule has 0 aliphatic heterocycles. The Labute approximate surface area is 97.1 Å². The molecule has 0 fully saturated rings. The fraction of sp³-hybridized carbons (Fsp3) is 0.300. The summed E-state index contributed by atoms with van der Waals surface area (Å²) in [7, 11) is 0. The summed E-state index contributed by atoms with van der Waals surface area (Å²) < 4.78 is 0. The van der Waals surface area contributed by atoms with Crippen LogP contribution in [0.1, 0.15) is 17.2 Å². The van der Waals surface area contributed by atoms with Crippen molar-refractivity contribution in [3.8, 4) is 0 Å². The molecule has 88 valence electrons. The number of carbonyl (C=O) groups is 1. The molecule has 0 spiro atoms. The first-order valence-electron chi connectivity index (χ1n) is 4.52. The highest BCUT2D eigenvalue weighted by atomic mass is 35.5. The van der Waals surface area contributed by atoms with Gasteiger partial charge in [-0.2, -0.15) is 0 Å². The molecule has 0 saturated heterocycles. The molecule has 1 aromatic carbocycles. The van der Waals surface area contributed by atoms with E-state index >= 15 is 0 Å². The van der Waals surface area contributed by atoms with Gasteiger partial charge in [-0.1, -0.05) is 17.7 Å². The van der Waals surface area contributed by atoms with E-state index < -0.39 is 18.1 Å². The van der Waals surface area contributed by atoms with E-state index in [1.54, 1.807) is 0 Å². The van der Waals surface area contributed by atoms with E-state index in [-0.39, 0.29) is 12.2 Å². The highest BCUT2D eigenvalue weighted by Gasteiger charge is 2.25. The first-order valence-corrected chi connectivity index (χ1v) is 4.89. The van der Waals surface area contributed by atoms with Crippen LogP contribution in [0.4, 0.5) is 0 Å². The minimum atomic E-state index is -1.72. The smallest absolute Gasteiger partial charge is 0.249 e. The number of amides is 1. The largest absolute Gasteiger partial charge is 0.392 e. The zero-order valence-corrected chi connectivity index (χ0v) is 9.05. The summed E-state index contributed by atoms with van der Waals surface area (Å²) in [5.74, 6) is -1.04. The van der Waals surface area contributed by atoms with E-state index in [0.29, 0.717) is 10.6 Å². The number of primary amides is 1. The number of halogens is 1. The molecule has 0 aromatic heterocycles. The summed E-state index contributed by atoms with van der Waals surface area (Å²) >= 11 is 5.70.